The molecule has 0 radical (unpaired) electrons. The number of nitrogens with zero attached hydrogens (tertiary/aromatic N) is 1. The average Bonchev–Trinajstić information content (AvgIpc) is 2.16. The highest BCUT2D eigenvalue weighted by Gasteiger charge is 2.28. The fraction of sp³-hybridized carbons (Fsp3) is 0.867. The van der Waals surface area contributed by atoms with Crippen LogP contribution < -0.4 is 0 Å². The van der Waals surface area contributed by atoms with Gasteiger partial charge in [0.05, 0.1) is 0 Å². The van der Waals surface area contributed by atoms with E-state index in [0.717, 1.165) is 6.54 Å². The molecule has 16 heavy (non-hydrogen) atoms. The van der Waals surface area contributed by atoms with E-state index in [-0.39, 0.29) is 0 Å². The molecule has 0 aromatic heterocycles. The lowest BCUT2D eigenvalue weighted by molar-refractivity contribution is 0.143. The van der Waals surface area contributed by atoms with Gasteiger partial charge in [-0.25, -0.2) is 0 Å². The van der Waals surface area contributed by atoms with Gasteiger partial charge in [0.25, 0.3) is 0 Å². The van der Waals surface area contributed by atoms with E-state index in [1.165, 1.54) is 25.8 Å². The zero-order chi connectivity index (χ0) is 12.4. The van der Waals surface area contributed by atoms with Crippen LogP contribution in [0.5, 0.6) is 0 Å². The molecule has 94 valence electrons. The van der Waals surface area contributed by atoms with Gasteiger partial charge in [0.2, 0.25) is 0 Å². The van der Waals surface area contributed by atoms with Gasteiger partial charge < -0.3 is 0 Å². The zero-order valence-electron chi connectivity index (χ0n) is 12.1. The predicted octanol–water partition coefficient (Wildman–Crippen LogP) is 4.24. The summed E-state index contributed by atoms with van der Waals surface area (Å²) in [5.74, 6) is 0. The maximum absolute atomic E-state index is 2.57. The molecule has 0 aliphatic carbocycles. The van der Waals surface area contributed by atoms with Crippen LogP contribution in [-0.2, 0) is 0 Å². The van der Waals surface area contributed by atoms with Crippen LogP contribution in [0, 0.1) is 5.41 Å². The van der Waals surface area contributed by atoms with Crippen molar-refractivity contribution in [2.45, 2.75) is 66.3 Å². The zero-order valence-corrected chi connectivity index (χ0v) is 12.1. The molecule has 0 unspecified atom stereocenters. The first-order valence-electron chi connectivity index (χ1n) is 6.72. The molecule has 0 saturated heterocycles. The molecule has 0 aromatic carbocycles. The Bertz CT molecular complexity index is 255. The van der Waals surface area contributed by atoms with Crippen molar-refractivity contribution in [2.24, 2.45) is 5.41 Å². The Morgan fingerprint density at radius 3 is 2.19 bits per heavy atom. The molecule has 0 aromatic rings. The largest absolute Gasteiger partial charge is 0.295 e. The Labute approximate surface area is 102 Å². The summed E-state index contributed by atoms with van der Waals surface area (Å²) >= 11 is 0. The van der Waals surface area contributed by atoms with Crippen LogP contribution in [0.2, 0.25) is 0 Å². The smallest absolute Gasteiger partial charge is 0.0171 e. The molecule has 1 nitrogen and oxygen atoms in total. The Kier molecular flexibility index (Phi) is 4.23. The number of hydrogen-bond acceptors (Lipinski definition) is 1. The van der Waals surface area contributed by atoms with E-state index in [9.17, 15) is 0 Å². The van der Waals surface area contributed by atoms with Crippen LogP contribution in [0.3, 0.4) is 0 Å². The Balaban J connectivity index is 2.66. The van der Waals surface area contributed by atoms with Crippen molar-refractivity contribution >= 4 is 0 Å². The van der Waals surface area contributed by atoms with Crippen LogP contribution in [0.25, 0.3) is 0 Å². The van der Waals surface area contributed by atoms with Gasteiger partial charge in [0, 0.05) is 18.6 Å². The molecule has 0 amide bonds. The predicted molar refractivity (Wildman–Crippen MR) is 72.7 cm³/mol. The van der Waals surface area contributed by atoms with Crippen LogP contribution in [0.4, 0.5) is 0 Å². The molecule has 0 atom stereocenters. The lowest BCUT2D eigenvalue weighted by Gasteiger charge is -2.40. The minimum absolute atomic E-state index is 0.316. The van der Waals surface area contributed by atoms with E-state index in [4.69, 9.17) is 0 Å². The molecular weight excluding hydrogens is 194 g/mol. The minimum atomic E-state index is 0.316. The second-order valence-corrected chi connectivity index (χ2v) is 6.73. The van der Waals surface area contributed by atoms with Gasteiger partial charge in [0.1, 0.15) is 0 Å². The van der Waals surface area contributed by atoms with E-state index in [1.807, 2.05) is 0 Å². The molecular formula is C15H29N. The maximum atomic E-state index is 2.57. The van der Waals surface area contributed by atoms with Crippen molar-refractivity contribution in [3.05, 3.63) is 11.6 Å². The first kappa shape index (κ1) is 13.8. The van der Waals surface area contributed by atoms with E-state index in [0.29, 0.717) is 11.0 Å². The summed E-state index contributed by atoms with van der Waals surface area (Å²) in [5, 5.41) is 0. The Hall–Kier alpha value is -0.300. The molecule has 1 heterocycles. The van der Waals surface area contributed by atoms with Crippen molar-refractivity contribution in [3.63, 3.8) is 0 Å². The molecule has 0 fully saturated rings. The number of hydrogen-bond donors (Lipinski definition) is 0. The van der Waals surface area contributed by atoms with Gasteiger partial charge in [-0.2, -0.15) is 0 Å². The molecule has 1 aliphatic heterocycles. The first-order valence-corrected chi connectivity index (χ1v) is 6.72. The van der Waals surface area contributed by atoms with Crippen molar-refractivity contribution in [3.8, 4) is 0 Å². The first-order chi connectivity index (χ1) is 7.27. The van der Waals surface area contributed by atoms with E-state index < -0.39 is 0 Å². The second kappa shape index (κ2) is 4.91. The lowest BCUT2D eigenvalue weighted by atomic mass is 9.77. The fourth-order valence-corrected chi connectivity index (χ4v) is 2.68. The van der Waals surface area contributed by atoms with E-state index >= 15 is 0 Å². The SMILES string of the molecule is CCCC(C)(C)C1=CCN(C(C)(C)C)CC1. The van der Waals surface area contributed by atoms with Gasteiger partial charge in [-0.3, -0.25) is 4.90 Å². The molecule has 0 spiro atoms. The highest BCUT2D eigenvalue weighted by molar-refractivity contribution is 5.16. The van der Waals surface area contributed by atoms with Gasteiger partial charge in [-0.15, -0.1) is 0 Å². The molecule has 1 rings (SSSR count). The standard InChI is InChI=1S/C15H29N/c1-7-10-15(5,6)13-8-11-16(12-9-13)14(2,3)4/h8H,7,9-12H2,1-6H3. The summed E-state index contributed by atoms with van der Waals surface area (Å²) in [7, 11) is 0. The monoisotopic (exact) mass is 223 g/mol. The van der Waals surface area contributed by atoms with Crippen molar-refractivity contribution in [1.29, 1.82) is 0 Å². The topological polar surface area (TPSA) is 3.24 Å². The maximum Gasteiger partial charge on any atom is 0.0171 e. The molecule has 1 heteroatoms. The third-order valence-corrected chi connectivity index (χ3v) is 3.90. The highest BCUT2D eigenvalue weighted by atomic mass is 15.2. The number of rotatable bonds is 3. The van der Waals surface area contributed by atoms with Crippen LogP contribution >= 0.6 is 0 Å². The second-order valence-electron chi connectivity index (χ2n) is 6.73. The molecule has 0 bridgehead atoms. The van der Waals surface area contributed by atoms with Crippen LogP contribution in [0.1, 0.15) is 60.8 Å². The summed E-state index contributed by atoms with van der Waals surface area (Å²) < 4.78 is 0. The van der Waals surface area contributed by atoms with Crippen LogP contribution in [0.15, 0.2) is 11.6 Å². The third kappa shape index (κ3) is 3.35. The Morgan fingerprint density at radius 2 is 1.81 bits per heavy atom. The summed E-state index contributed by atoms with van der Waals surface area (Å²) in [6.07, 6.45) is 6.33. The van der Waals surface area contributed by atoms with Crippen molar-refractivity contribution in [2.75, 3.05) is 13.1 Å². The summed E-state index contributed by atoms with van der Waals surface area (Å²) in [6.45, 7) is 16.4. The Morgan fingerprint density at radius 1 is 1.19 bits per heavy atom. The van der Waals surface area contributed by atoms with Crippen molar-refractivity contribution < 1.29 is 0 Å². The lowest BCUT2D eigenvalue weighted by Crippen LogP contribution is -2.44. The van der Waals surface area contributed by atoms with Crippen molar-refractivity contribution in [1.82, 2.24) is 4.90 Å². The molecule has 0 saturated carbocycles. The summed E-state index contributed by atoms with van der Waals surface area (Å²) in [5.41, 5.74) is 2.41. The quantitative estimate of drug-likeness (QED) is 0.647. The van der Waals surface area contributed by atoms with Gasteiger partial charge in [-0.05, 0) is 39.0 Å². The normalized spacial score (nSPS) is 19.8. The average molecular weight is 223 g/mol. The molecule has 1 aliphatic rings. The fourth-order valence-electron chi connectivity index (χ4n) is 2.68. The summed E-state index contributed by atoms with van der Waals surface area (Å²) in [6, 6.07) is 0. The molecule has 0 N–H and O–H groups in total. The minimum Gasteiger partial charge on any atom is -0.295 e. The van der Waals surface area contributed by atoms with Crippen LogP contribution in [-0.4, -0.2) is 23.5 Å². The van der Waals surface area contributed by atoms with E-state index in [2.05, 4.69) is 52.5 Å². The third-order valence-electron chi connectivity index (χ3n) is 3.90. The summed E-state index contributed by atoms with van der Waals surface area (Å²) in [4.78, 5) is 2.57. The van der Waals surface area contributed by atoms with Gasteiger partial charge in [0.15, 0.2) is 0 Å². The van der Waals surface area contributed by atoms with E-state index in [1.54, 1.807) is 5.57 Å². The van der Waals surface area contributed by atoms with Gasteiger partial charge >= 0.3 is 0 Å². The van der Waals surface area contributed by atoms with Gasteiger partial charge in [-0.1, -0.05) is 38.8 Å². The highest BCUT2D eigenvalue weighted by Crippen LogP contribution is 2.36.